The number of piperidine rings is 3. The third-order valence-electron chi connectivity index (χ3n) is 27.9. The number of aliphatic hydroxyl groups is 4. The molecule has 4 atom stereocenters. The molecule has 12 aromatic carbocycles. The number of hydrogen-bond donors (Lipinski definition) is 10. The van der Waals surface area contributed by atoms with Crippen LogP contribution in [0.4, 0.5) is 0 Å². The second kappa shape index (κ2) is 46.0. The van der Waals surface area contributed by atoms with Crippen LogP contribution in [0.5, 0.6) is 28.7 Å². The molecule has 726 valence electrons. The Kier molecular flexibility index (Phi) is 31.8. The number of nitrogens with two attached hydrogens (primary N) is 1. The molecule has 11 N–H and O–H groups in total. The number of aliphatic hydroxyl groups excluding tert-OH is 4. The molecule has 9 heterocycles. The van der Waals surface area contributed by atoms with E-state index in [-0.39, 0.29) is 44.1 Å². The fourth-order valence-corrected chi connectivity index (χ4v) is 20.3. The van der Waals surface area contributed by atoms with E-state index < -0.39 is 30.3 Å². The number of benzene rings is 12. The highest BCUT2D eigenvalue weighted by Crippen LogP contribution is 2.38. The number of aromatic amines is 4. The number of amides is 4. The van der Waals surface area contributed by atoms with Crippen molar-refractivity contribution >= 4 is 110 Å². The Morgan fingerprint density at radius 3 is 1.01 bits per heavy atom. The van der Waals surface area contributed by atoms with Gasteiger partial charge < -0.3 is 104 Å². The number of β-amino-alcohol motifs (C(OH)–C–C–N with tert-alkyl or cyclic N) is 3. The molecule has 21 rings (SSSR count). The number of carbonyl (C=O) groups is 4. The van der Waals surface area contributed by atoms with Crippen LogP contribution in [0.25, 0.3) is 86.7 Å². The van der Waals surface area contributed by atoms with Gasteiger partial charge in [0.15, 0.2) is 0 Å². The molecule has 25 nitrogen and oxygen atoms in total. The number of likely N-dealkylation sites (tertiary alicyclic amines) is 5. The minimum atomic E-state index is -0.689. The van der Waals surface area contributed by atoms with E-state index in [0.717, 1.165) is 184 Å². The molecule has 5 aliphatic rings. The maximum atomic E-state index is 12.8. The Labute approximate surface area is 816 Å². The number of nitrogens with one attached hydrogen (secondary N) is 5. The normalized spacial score (nSPS) is 16.2. The number of carbonyl (C=O) groups excluding carboxylic acids is 4. The third-order valence-corrected chi connectivity index (χ3v) is 27.9. The highest BCUT2D eigenvalue weighted by molar-refractivity contribution is 6.03. The summed E-state index contributed by atoms with van der Waals surface area (Å²) in [5, 5.41) is 59.0. The van der Waals surface area contributed by atoms with Crippen molar-refractivity contribution in [3.8, 4) is 28.7 Å². The van der Waals surface area contributed by atoms with Crippen LogP contribution in [0.1, 0.15) is 141 Å². The number of primary amides is 1. The fraction of sp³-hybridized carbons (Fsp3) is 0.339. The van der Waals surface area contributed by atoms with Gasteiger partial charge in [-0.05, 0) is 266 Å². The number of fused-ring (bicyclic) bond motifs is 8. The van der Waals surface area contributed by atoms with Crippen LogP contribution in [0, 0.1) is 0 Å². The Morgan fingerprint density at radius 2 is 0.657 bits per heavy atom. The van der Waals surface area contributed by atoms with E-state index in [0.29, 0.717) is 103 Å². The van der Waals surface area contributed by atoms with E-state index in [1.54, 1.807) is 26.2 Å². The molecule has 0 saturated carbocycles. The maximum Gasteiger partial charge on any atom is 0.270 e. The van der Waals surface area contributed by atoms with Crippen molar-refractivity contribution in [2.45, 2.75) is 106 Å². The van der Waals surface area contributed by atoms with Gasteiger partial charge in [0, 0.05) is 117 Å². The molecule has 16 aromatic rings. The topological polar surface area (TPSA) is 316 Å². The highest BCUT2D eigenvalue weighted by Gasteiger charge is 2.30. The molecule has 5 aliphatic heterocycles. The van der Waals surface area contributed by atoms with Gasteiger partial charge in [0.05, 0.1) is 0 Å². The van der Waals surface area contributed by atoms with Gasteiger partial charge in [-0.3, -0.25) is 19.2 Å². The summed E-state index contributed by atoms with van der Waals surface area (Å²) in [6, 6.07) is 90.2. The molecule has 0 radical (unpaired) electrons. The lowest BCUT2D eigenvalue weighted by molar-refractivity contribution is 0.0598. The molecule has 140 heavy (non-hydrogen) atoms. The van der Waals surface area contributed by atoms with E-state index in [2.05, 4.69) is 179 Å². The van der Waals surface area contributed by atoms with Crippen LogP contribution in [0.2, 0.25) is 0 Å². The first-order valence-corrected chi connectivity index (χ1v) is 49.6. The van der Waals surface area contributed by atoms with Gasteiger partial charge in [-0.1, -0.05) is 182 Å². The third kappa shape index (κ3) is 24.4. The van der Waals surface area contributed by atoms with E-state index >= 15 is 0 Å². The van der Waals surface area contributed by atoms with Crippen molar-refractivity contribution in [1.82, 2.24) is 54.7 Å². The fourth-order valence-electron chi connectivity index (χ4n) is 20.3. The zero-order valence-electron chi connectivity index (χ0n) is 79.9. The van der Waals surface area contributed by atoms with E-state index in [4.69, 9.17) is 29.4 Å². The first-order chi connectivity index (χ1) is 68.3. The molecular weight excluding hydrogens is 1760 g/mol. The van der Waals surface area contributed by atoms with Gasteiger partial charge in [0.1, 0.15) is 109 Å². The monoisotopic (exact) mass is 1880 g/mol. The summed E-state index contributed by atoms with van der Waals surface area (Å²) >= 11 is 0. The van der Waals surface area contributed by atoms with Crippen LogP contribution in [-0.2, 0) is 0 Å². The molecule has 4 amide bonds. The Hall–Kier alpha value is -13.6. The van der Waals surface area contributed by atoms with Crippen LogP contribution < -0.4 is 34.7 Å². The summed E-state index contributed by atoms with van der Waals surface area (Å²) in [5.41, 5.74) is 15.0. The number of hydrogen-bond acceptors (Lipinski definition) is 17. The van der Waals surface area contributed by atoms with Crippen molar-refractivity contribution in [2.24, 2.45) is 5.73 Å². The molecule has 5 fully saturated rings. The highest BCUT2D eigenvalue weighted by atomic mass is 16.5. The number of ether oxygens (including phenoxy) is 5. The van der Waals surface area contributed by atoms with Crippen molar-refractivity contribution < 1.29 is 63.3 Å². The van der Waals surface area contributed by atoms with Gasteiger partial charge in [0.25, 0.3) is 23.6 Å². The first-order valence-electron chi connectivity index (χ1n) is 49.6. The first kappa shape index (κ1) is 96.7. The minimum absolute atomic E-state index is 0.0479. The molecule has 1 unspecified atom stereocenters. The molecule has 0 aliphatic carbocycles. The number of nitrogens with zero attached hydrogens (tertiary/aromatic N) is 6. The zero-order valence-corrected chi connectivity index (χ0v) is 79.9. The average Bonchev–Trinajstić information content (AvgIpc) is 1.65. The number of H-pyrrole nitrogens is 4. The maximum absolute atomic E-state index is 12.8. The molecule has 5 saturated heterocycles. The van der Waals surface area contributed by atoms with Gasteiger partial charge in [-0.2, -0.15) is 0 Å². The number of rotatable bonds is 31. The summed E-state index contributed by atoms with van der Waals surface area (Å²) in [7, 11) is 3.46. The Balaban J connectivity index is 0.000000124. The smallest absolute Gasteiger partial charge is 0.270 e. The van der Waals surface area contributed by atoms with E-state index in [1.165, 1.54) is 59.3 Å². The standard InChI is InChI=1S/2C31H35N3O3.C29H33N3O3.C24H25N3O4/c2*35-26(20-33-16-12-23(13-17-33)25-11-10-22-6-1-2-7-24(22)18-25)21-37-30-9-5-8-28-27(30)19-29(32-28)31(36)34-14-3-4-15-34;1-31(2)29(34)27-17-25-26(30-27)8-5-9-28(25)35-19-24(33)18-32-14-12-21(13-15-32)23-11-10-20-6-3-4-7-22(20)16-23;25-24(29)22-13-20-21(27-22)6-3-7-23(20)31-15-18(28)14-26-10-11-30-19-9-8-16-4-1-2-5-17(16)12-19/h2*1-2,5-11,18-19,23,26,32,35H,3-4,12-17,20-21H2;3-11,16-17,21,24,30,33H,12-15,18-19H2,1-2H3;1-9,12-13,18,26-28H,10-11,14-15H2,(H2,25,29)/t2*26-;24-;/m101./s1. The summed E-state index contributed by atoms with van der Waals surface area (Å²) in [4.78, 5) is 74.2. The Morgan fingerprint density at radius 1 is 0.350 bits per heavy atom. The molecule has 0 spiro atoms. The largest absolute Gasteiger partial charge is 0.492 e. The zero-order chi connectivity index (χ0) is 96.4. The second-order valence-corrected chi connectivity index (χ2v) is 38.1. The van der Waals surface area contributed by atoms with Crippen LogP contribution in [0.3, 0.4) is 0 Å². The molecule has 25 heteroatoms. The van der Waals surface area contributed by atoms with Crippen molar-refractivity contribution in [3.63, 3.8) is 0 Å². The van der Waals surface area contributed by atoms with E-state index in [1.807, 2.05) is 125 Å². The van der Waals surface area contributed by atoms with Crippen LogP contribution in [-0.4, -0.2) is 263 Å². The van der Waals surface area contributed by atoms with Crippen molar-refractivity contribution in [1.29, 1.82) is 0 Å². The lowest BCUT2D eigenvalue weighted by Crippen LogP contribution is -2.40. The van der Waals surface area contributed by atoms with E-state index in [9.17, 15) is 39.6 Å². The predicted octanol–water partition coefficient (Wildman–Crippen LogP) is 17.8. The summed E-state index contributed by atoms with van der Waals surface area (Å²) < 4.78 is 29.6. The Bertz CT molecular complexity index is 6700. The second-order valence-electron chi connectivity index (χ2n) is 38.1. The summed E-state index contributed by atoms with van der Waals surface area (Å²) in [6.07, 6.45) is 8.45. The van der Waals surface area contributed by atoms with Gasteiger partial charge in [-0.25, -0.2) is 0 Å². The number of aromatic nitrogens is 4. The molecular formula is C115H128N12O13. The summed E-state index contributed by atoms with van der Waals surface area (Å²) in [5.74, 6) is 4.65. The quantitative estimate of drug-likeness (QED) is 0.0181. The van der Waals surface area contributed by atoms with Crippen molar-refractivity contribution in [2.75, 3.05) is 145 Å². The van der Waals surface area contributed by atoms with Gasteiger partial charge in [0.2, 0.25) is 0 Å². The predicted molar refractivity (Wildman–Crippen MR) is 555 cm³/mol. The average molecular weight is 1890 g/mol. The lowest BCUT2D eigenvalue weighted by atomic mass is 9.88. The van der Waals surface area contributed by atoms with Crippen molar-refractivity contribution in [3.05, 3.63) is 306 Å². The van der Waals surface area contributed by atoms with Crippen LogP contribution >= 0.6 is 0 Å². The molecule has 4 aromatic heterocycles. The van der Waals surface area contributed by atoms with Crippen LogP contribution in [0.15, 0.2) is 267 Å². The summed E-state index contributed by atoms with van der Waals surface area (Å²) in [6.45, 7) is 13.2. The minimum Gasteiger partial charge on any atom is -0.492 e. The SMILES string of the molecule is CN(C)C(=O)c1cc2c(OC[C@H](O)CN3CCC(c4ccc5ccccc5c4)CC3)cccc2[nH]1.NC(=O)c1cc2c(OCC(O)CNCCOc3ccc4ccccc4c3)cccc2[nH]1.O=C(c1cc2c(OC[C@@H](O)CN3CCC(c4ccc5ccccc5c4)CC3)cccc2[nH]1)N1CCCC1.O=C(c1cc2c(OC[C@H](O)CN3CCC(c4ccc5ccccc5c4)CC3)cccc2[nH]1)N1CCCC1. The van der Waals surface area contributed by atoms with Gasteiger partial charge >= 0.3 is 0 Å². The van der Waals surface area contributed by atoms with Gasteiger partial charge in [-0.15, -0.1) is 0 Å². The molecule has 0 bridgehead atoms. The lowest BCUT2D eigenvalue weighted by Gasteiger charge is -2.33.